The average Bonchev–Trinajstić information content (AvgIpc) is 2.68. The van der Waals surface area contributed by atoms with Crippen molar-refractivity contribution in [2.45, 2.75) is 85.1 Å². The van der Waals surface area contributed by atoms with Crippen LogP contribution in [0.3, 0.4) is 0 Å². The van der Waals surface area contributed by atoms with Crippen molar-refractivity contribution in [1.29, 1.82) is 0 Å². The van der Waals surface area contributed by atoms with Crippen molar-refractivity contribution in [2.75, 3.05) is 0 Å². The summed E-state index contributed by atoms with van der Waals surface area (Å²) in [5, 5.41) is 4.76. The van der Waals surface area contributed by atoms with Gasteiger partial charge in [-0.3, -0.25) is 9.48 Å². The maximum atomic E-state index is 12.0. The SMILES string of the molecule is CCCCCn1nc(C(C)(C)C)c(C(C)(C)C)c1C(N)=O. The summed E-state index contributed by atoms with van der Waals surface area (Å²) in [5.41, 5.74) is 7.98. The molecule has 0 radical (unpaired) electrons. The molecule has 0 aliphatic heterocycles. The Bertz CT molecular complexity index is 501. The summed E-state index contributed by atoms with van der Waals surface area (Å²) in [5.74, 6) is -0.376. The molecule has 0 saturated heterocycles. The number of carbonyl (C=O) groups excluding carboxylic acids is 1. The minimum Gasteiger partial charge on any atom is -0.364 e. The van der Waals surface area contributed by atoms with Gasteiger partial charge in [0.2, 0.25) is 0 Å². The van der Waals surface area contributed by atoms with Crippen LogP contribution >= 0.6 is 0 Å². The van der Waals surface area contributed by atoms with Crippen molar-refractivity contribution in [1.82, 2.24) is 9.78 Å². The summed E-state index contributed by atoms with van der Waals surface area (Å²) in [6.45, 7) is 15.7. The van der Waals surface area contributed by atoms with Crippen molar-refractivity contribution in [3.05, 3.63) is 17.0 Å². The van der Waals surface area contributed by atoms with Crippen LogP contribution < -0.4 is 5.73 Å². The summed E-state index contributed by atoms with van der Waals surface area (Å²) >= 11 is 0. The van der Waals surface area contributed by atoms with Crippen LogP contribution in [0.4, 0.5) is 0 Å². The van der Waals surface area contributed by atoms with E-state index in [-0.39, 0.29) is 16.7 Å². The molecule has 0 spiro atoms. The highest BCUT2D eigenvalue weighted by atomic mass is 16.1. The molecule has 0 fully saturated rings. The molecule has 120 valence electrons. The fraction of sp³-hybridized carbons (Fsp3) is 0.765. The van der Waals surface area contributed by atoms with Crippen LogP contribution in [0.2, 0.25) is 0 Å². The van der Waals surface area contributed by atoms with Gasteiger partial charge in [-0.2, -0.15) is 5.10 Å². The molecule has 0 aromatic carbocycles. The highest BCUT2D eigenvalue weighted by Crippen LogP contribution is 2.35. The molecule has 21 heavy (non-hydrogen) atoms. The van der Waals surface area contributed by atoms with Gasteiger partial charge in [-0.25, -0.2) is 0 Å². The number of nitrogens with zero attached hydrogens (tertiary/aromatic N) is 2. The lowest BCUT2D eigenvalue weighted by Crippen LogP contribution is -2.26. The van der Waals surface area contributed by atoms with Crippen molar-refractivity contribution in [3.63, 3.8) is 0 Å². The zero-order valence-corrected chi connectivity index (χ0v) is 14.7. The summed E-state index contributed by atoms with van der Waals surface area (Å²) in [6.07, 6.45) is 3.30. The topological polar surface area (TPSA) is 60.9 Å². The lowest BCUT2D eigenvalue weighted by atomic mass is 9.78. The van der Waals surface area contributed by atoms with Crippen LogP contribution in [-0.4, -0.2) is 15.7 Å². The minimum atomic E-state index is -0.376. The molecule has 1 rings (SSSR count). The third kappa shape index (κ3) is 4.08. The molecule has 1 heterocycles. The van der Waals surface area contributed by atoms with Gasteiger partial charge < -0.3 is 5.73 Å². The van der Waals surface area contributed by atoms with E-state index in [0.717, 1.165) is 37.1 Å². The van der Waals surface area contributed by atoms with Crippen LogP contribution in [0.15, 0.2) is 0 Å². The van der Waals surface area contributed by atoms with E-state index in [1.165, 1.54) is 0 Å². The maximum Gasteiger partial charge on any atom is 0.267 e. The summed E-state index contributed by atoms with van der Waals surface area (Å²) in [4.78, 5) is 12.0. The Morgan fingerprint density at radius 2 is 1.67 bits per heavy atom. The summed E-state index contributed by atoms with van der Waals surface area (Å²) in [7, 11) is 0. The third-order valence-corrected chi connectivity index (χ3v) is 3.62. The number of amides is 1. The second-order valence-electron chi connectivity index (χ2n) is 7.87. The molecule has 0 atom stereocenters. The van der Waals surface area contributed by atoms with E-state index in [4.69, 9.17) is 10.8 Å². The number of aryl methyl sites for hydroxylation is 1. The molecule has 1 amide bonds. The Morgan fingerprint density at radius 1 is 1.10 bits per heavy atom. The summed E-state index contributed by atoms with van der Waals surface area (Å²) < 4.78 is 1.83. The van der Waals surface area contributed by atoms with Crippen LogP contribution in [-0.2, 0) is 17.4 Å². The standard InChI is InChI=1S/C17H31N3O/c1-8-9-10-11-20-13(15(18)21)12(16(2,3)4)14(19-20)17(5,6)7/h8-11H2,1-7H3,(H2,18,21). The van der Waals surface area contributed by atoms with E-state index in [1.54, 1.807) is 0 Å². The van der Waals surface area contributed by atoms with E-state index in [1.807, 2.05) is 4.68 Å². The zero-order chi connectivity index (χ0) is 16.4. The molecule has 0 aliphatic carbocycles. The van der Waals surface area contributed by atoms with E-state index in [2.05, 4.69) is 48.5 Å². The second kappa shape index (κ2) is 6.20. The Balaban J connectivity index is 3.46. The molecule has 1 aromatic rings. The zero-order valence-electron chi connectivity index (χ0n) is 14.7. The van der Waals surface area contributed by atoms with Crippen molar-refractivity contribution < 1.29 is 4.79 Å². The van der Waals surface area contributed by atoms with Gasteiger partial charge in [0.25, 0.3) is 5.91 Å². The first-order valence-corrected chi connectivity index (χ1v) is 7.91. The Kier molecular flexibility index (Phi) is 5.24. The molecular weight excluding hydrogens is 262 g/mol. The van der Waals surface area contributed by atoms with Crippen LogP contribution in [0.5, 0.6) is 0 Å². The third-order valence-electron chi connectivity index (χ3n) is 3.62. The minimum absolute atomic E-state index is 0.108. The predicted molar refractivity (Wildman–Crippen MR) is 87.7 cm³/mol. The molecule has 4 nitrogen and oxygen atoms in total. The Labute approximate surface area is 129 Å². The van der Waals surface area contributed by atoms with Crippen molar-refractivity contribution in [3.8, 4) is 0 Å². The number of primary amides is 1. The van der Waals surface area contributed by atoms with Crippen molar-refractivity contribution in [2.24, 2.45) is 5.73 Å². The lowest BCUT2D eigenvalue weighted by Gasteiger charge is -2.25. The normalized spacial score (nSPS) is 12.7. The molecule has 0 unspecified atom stereocenters. The smallest absolute Gasteiger partial charge is 0.267 e. The fourth-order valence-corrected chi connectivity index (χ4v) is 2.62. The first-order chi connectivity index (χ1) is 9.50. The van der Waals surface area contributed by atoms with Crippen LogP contribution in [0.25, 0.3) is 0 Å². The maximum absolute atomic E-state index is 12.0. The first-order valence-electron chi connectivity index (χ1n) is 7.91. The van der Waals surface area contributed by atoms with Gasteiger partial charge >= 0.3 is 0 Å². The number of carbonyl (C=O) groups is 1. The summed E-state index contributed by atoms with van der Waals surface area (Å²) in [6, 6.07) is 0. The molecule has 0 bridgehead atoms. The van der Waals surface area contributed by atoms with Gasteiger partial charge in [0, 0.05) is 17.5 Å². The lowest BCUT2D eigenvalue weighted by molar-refractivity contribution is 0.0987. The van der Waals surface area contributed by atoms with E-state index in [0.29, 0.717) is 5.69 Å². The molecule has 2 N–H and O–H groups in total. The number of unbranched alkanes of at least 4 members (excludes halogenated alkanes) is 2. The second-order valence-corrected chi connectivity index (χ2v) is 7.87. The van der Waals surface area contributed by atoms with Gasteiger partial charge in [-0.05, 0) is 11.8 Å². The fourth-order valence-electron chi connectivity index (χ4n) is 2.62. The van der Waals surface area contributed by atoms with Gasteiger partial charge in [-0.15, -0.1) is 0 Å². The highest BCUT2D eigenvalue weighted by molar-refractivity contribution is 5.93. The van der Waals surface area contributed by atoms with E-state index in [9.17, 15) is 4.79 Å². The van der Waals surface area contributed by atoms with Gasteiger partial charge in [0.15, 0.2) is 0 Å². The molecule has 1 aromatic heterocycles. The first kappa shape index (κ1) is 17.7. The number of aromatic nitrogens is 2. The average molecular weight is 293 g/mol. The van der Waals surface area contributed by atoms with E-state index >= 15 is 0 Å². The number of rotatable bonds is 5. The monoisotopic (exact) mass is 293 g/mol. The number of hydrogen-bond donors (Lipinski definition) is 1. The van der Waals surface area contributed by atoms with Gasteiger partial charge in [0.1, 0.15) is 5.69 Å². The van der Waals surface area contributed by atoms with Crippen molar-refractivity contribution >= 4 is 5.91 Å². The van der Waals surface area contributed by atoms with E-state index < -0.39 is 0 Å². The highest BCUT2D eigenvalue weighted by Gasteiger charge is 2.34. The van der Waals surface area contributed by atoms with Gasteiger partial charge in [0.05, 0.1) is 5.69 Å². The molecule has 4 heteroatoms. The molecule has 0 saturated carbocycles. The Hall–Kier alpha value is -1.32. The largest absolute Gasteiger partial charge is 0.364 e. The van der Waals surface area contributed by atoms with Crippen LogP contribution in [0.1, 0.15) is 89.5 Å². The molecule has 0 aliphatic rings. The van der Waals surface area contributed by atoms with Crippen LogP contribution in [0, 0.1) is 0 Å². The predicted octanol–water partition coefficient (Wildman–Crippen LogP) is 3.77. The number of nitrogens with two attached hydrogens (primary N) is 1. The molecular formula is C17H31N3O. The number of hydrogen-bond acceptors (Lipinski definition) is 2. The quantitative estimate of drug-likeness (QED) is 0.840. The van der Waals surface area contributed by atoms with Gasteiger partial charge in [-0.1, -0.05) is 61.3 Å². The Morgan fingerprint density at radius 3 is 2.05 bits per heavy atom.